The highest BCUT2D eigenvalue weighted by Crippen LogP contribution is 2.29. The number of rotatable bonds is 4. The lowest BCUT2D eigenvalue weighted by molar-refractivity contribution is 0.0680. The largest absolute Gasteiger partial charge is 0.353 e. The molecule has 0 bridgehead atoms. The molecule has 1 saturated heterocycles. The summed E-state index contributed by atoms with van der Waals surface area (Å²) in [5, 5.41) is 1.26. The lowest BCUT2D eigenvalue weighted by atomic mass is 10.2. The number of anilines is 1. The predicted molar refractivity (Wildman–Crippen MR) is 113 cm³/mol. The first-order valence-corrected chi connectivity index (χ1v) is 10.8. The Morgan fingerprint density at radius 1 is 0.964 bits per heavy atom. The van der Waals surface area contributed by atoms with E-state index < -0.39 is 0 Å². The summed E-state index contributed by atoms with van der Waals surface area (Å²) in [6, 6.07) is 12.5. The van der Waals surface area contributed by atoms with Crippen LogP contribution in [-0.2, 0) is 6.54 Å². The van der Waals surface area contributed by atoms with Crippen molar-refractivity contribution in [3.63, 3.8) is 0 Å². The Balaban J connectivity index is 1.17. The molecular formula is C21H25N5OS. The zero-order valence-electron chi connectivity index (χ0n) is 16.2. The Morgan fingerprint density at radius 3 is 2.64 bits per heavy atom. The highest BCUT2D eigenvalue weighted by Gasteiger charge is 2.26. The van der Waals surface area contributed by atoms with Crippen LogP contribution in [0, 0.1) is 6.92 Å². The molecule has 0 spiro atoms. The zero-order valence-corrected chi connectivity index (χ0v) is 17.0. The number of fused-ring (bicyclic) bond motifs is 2. The van der Waals surface area contributed by atoms with Crippen molar-refractivity contribution in [1.29, 1.82) is 0 Å². The number of carbonyl (C=O) groups is 1. The lowest BCUT2D eigenvalue weighted by Crippen LogP contribution is -2.50. The van der Waals surface area contributed by atoms with Crippen LogP contribution >= 0.6 is 11.5 Å². The van der Waals surface area contributed by atoms with Crippen LogP contribution in [-0.4, -0.2) is 70.5 Å². The van der Waals surface area contributed by atoms with Gasteiger partial charge in [-0.15, -0.1) is 0 Å². The van der Waals surface area contributed by atoms with Gasteiger partial charge in [-0.3, -0.25) is 9.69 Å². The van der Waals surface area contributed by atoms with E-state index in [2.05, 4.69) is 45.6 Å². The van der Waals surface area contributed by atoms with Gasteiger partial charge in [0, 0.05) is 63.4 Å². The van der Waals surface area contributed by atoms with Crippen molar-refractivity contribution < 1.29 is 4.79 Å². The molecule has 1 fully saturated rings. The van der Waals surface area contributed by atoms with Gasteiger partial charge in [-0.05, 0) is 42.7 Å². The first kappa shape index (κ1) is 17.7. The number of nitrogens with zero attached hydrogens (tertiary/aromatic N) is 5. The van der Waals surface area contributed by atoms with E-state index in [1.165, 1.54) is 15.8 Å². The van der Waals surface area contributed by atoms with E-state index in [1.807, 2.05) is 17.0 Å². The van der Waals surface area contributed by atoms with E-state index >= 15 is 0 Å². The van der Waals surface area contributed by atoms with E-state index in [4.69, 9.17) is 4.37 Å². The van der Waals surface area contributed by atoms with Gasteiger partial charge in [0.15, 0.2) is 0 Å². The van der Waals surface area contributed by atoms with Crippen LogP contribution in [0.3, 0.4) is 0 Å². The third kappa shape index (κ3) is 3.08. The second-order valence-electron chi connectivity index (χ2n) is 7.63. The summed E-state index contributed by atoms with van der Waals surface area (Å²) in [5.74, 6) is 1.30. The van der Waals surface area contributed by atoms with E-state index in [0.29, 0.717) is 0 Å². The summed E-state index contributed by atoms with van der Waals surface area (Å²) >= 11 is 1.58. The number of hydrogen-bond acceptors (Lipinski definition) is 5. The summed E-state index contributed by atoms with van der Waals surface area (Å²) in [6.45, 7) is 9.55. The molecule has 3 aromatic rings. The fraction of sp³-hybridized carbons (Fsp3) is 0.429. The number of benzene rings is 1. The van der Waals surface area contributed by atoms with Gasteiger partial charge in [0.25, 0.3) is 5.91 Å². The molecule has 4 heterocycles. The number of piperazine rings is 1. The normalized spacial score (nSPS) is 18.1. The molecule has 0 atom stereocenters. The molecule has 0 N–H and O–H groups in total. The van der Waals surface area contributed by atoms with E-state index in [0.717, 1.165) is 63.9 Å². The first-order chi connectivity index (χ1) is 13.7. The van der Waals surface area contributed by atoms with Gasteiger partial charge in [0.05, 0.1) is 4.70 Å². The van der Waals surface area contributed by atoms with Crippen molar-refractivity contribution in [1.82, 2.24) is 18.7 Å². The van der Waals surface area contributed by atoms with Gasteiger partial charge < -0.3 is 14.4 Å². The van der Waals surface area contributed by atoms with Crippen LogP contribution in [0.1, 0.15) is 16.2 Å². The molecular weight excluding hydrogens is 370 g/mol. The lowest BCUT2D eigenvalue weighted by Gasteiger charge is -2.37. The number of hydrogen-bond donors (Lipinski definition) is 0. The molecule has 0 radical (unpaired) electrons. The first-order valence-electron chi connectivity index (χ1n) is 9.98. The molecule has 2 aromatic heterocycles. The molecule has 0 aliphatic carbocycles. The van der Waals surface area contributed by atoms with Gasteiger partial charge in [-0.25, -0.2) is 0 Å². The Labute approximate surface area is 169 Å². The van der Waals surface area contributed by atoms with Crippen LogP contribution < -0.4 is 4.90 Å². The minimum absolute atomic E-state index is 0.173. The Kier molecular flexibility index (Phi) is 4.56. The standard InChI is InChI=1S/C21H25N5OS/c1-16-6-7-18-21(27)25(14-15-26(16)18)13-10-23-8-11-24(12-9-23)20-17-4-2-3-5-19(17)28-22-20/h2-7H,8-15H2,1H3. The highest BCUT2D eigenvalue weighted by atomic mass is 32.1. The van der Waals surface area contributed by atoms with Crippen molar-refractivity contribution in [3.05, 3.63) is 47.8 Å². The second-order valence-corrected chi connectivity index (χ2v) is 8.44. The maximum absolute atomic E-state index is 12.7. The average Bonchev–Trinajstić information content (AvgIpc) is 3.32. The highest BCUT2D eigenvalue weighted by molar-refractivity contribution is 7.13. The van der Waals surface area contributed by atoms with Crippen LogP contribution in [0.25, 0.3) is 10.1 Å². The van der Waals surface area contributed by atoms with Crippen LogP contribution in [0.4, 0.5) is 5.82 Å². The minimum Gasteiger partial charge on any atom is -0.353 e. The number of carbonyl (C=O) groups excluding carboxylic acids is 1. The number of aryl methyl sites for hydroxylation is 1. The number of aromatic nitrogens is 2. The van der Waals surface area contributed by atoms with Gasteiger partial charge in [0.2, 0.25) is 0 Å². The molecule has 5 rings (SSSR count). The van der Waals surface area contributed by atoms with Gasteiger partial charge in [-0.2, -0.15) is 4.37 Å². The van der Waals surface area contributed by atoms with E-state index in [9.17, 15) is 4.79 Å². The molecule has 2 aliphatic heterocycles. The van der Waals surface area contributed by atoms with Crippen molar-refractivity contribution >= 4 is 33.3 Å². The predicted octanol–water partition coefficient (Wildman–Crippen LogP) is 2.68. The molecule has 0 unspecified atom stereocenters. The van der Waals surface area contributed by atoms with Crippen LogP contribution in [0.15, 0.2) is 36.4 Å². The zero-order chi connectivity index (χ0) is 19.1. The SMILES string of the molecule is Cc1ccc2n1CCN(CCN1CCN(c3nsc4ccccc34)CC1)C2=O. The summed E-state index contributed by atoms with van der Waals surface area (Å²) in [7, 11) is 0. The summed E-state index contributed by atoms with van der Waals surface area (Å²) < 4.78 is 8.08. The quantitative estimate of drug-likeness (QED) is 0.681. The van der Waals surface area contributed by atoms with Gasteiger partial charge in [0.1, 0.15) is 11.5 Å². The average molecular weight is 396 g/mol. The third-order valence-corrected chi connectivity index (χ3v) is 6.83. The van der Waals surface area contributed by atoms with Gasteiger partial charge in [-0.1, -0.05) is 12.1 Å². The maximum Gasteiger partial charge on any atom is 0.270 e. The van der Waals surface area contributed by atoms with Crippen LogP contribution in [0.5, 0.6) is 0 Å². The Morgan fingerprint density at radius 2 is 1.79 bits per heavy atom. The monoisotopic (exact) mass is 395 g/mol. The molecule has 7 heteroatoms. The van der Waals surface area contributed by atoms with E-state index in [-0.39, 0.29) is 5.91 Å². The van der Waals surface area contributed by atoms with Crippen molar-refractivity contribution in [3.8, 4) is 0 Å². The van der Waals surface area contributed by atoms with Crippen LogP contribution in [0.2, 0.25) is 0 Å². The molecule has 1 aromatic carbocycles. The topological polar surface area (TPSA) is 44.6 Å². The minimum atomic E-state index is 0.173. The van der Waals surface area contributed by atoms with E-state index in [1.54, 1.807) is 11.5 Å². The van der Waals surface area contributed by atoms with Crippen molar-refractivity contribution in [2.45, 2.75) is 13.5 Å². The summed E-state index contributed by atoms with van der Waals surface area (Å²) in [5.41, 5.74) is 2.01. The fourth-order valence-electron chi connectivity index (χ4n) is 4.30. The fourth-order valence-corrected chi connectivity index (χ4v) is 5.09. The molecule has 6 nitrogen and oxygen atoms in total. The van der Waals surface area contributed by atoms with Crippen molar-refractivity contribution in [2.24, 2.45) is 0 Å². The summed E-state index contributed by atoms with van der Waals surface area (Å²) in [6.07, 6.45) is 0. The molecule has 2 aliphatic rings. The maximum atomic E-state index is 12.7. The second kappa shape index (κ2) is 7.22. The molecule has 0 saturated carbocycles. The smallest absolute Gasteiger partial charge is 0.270 e. The molecule has 146 valence electrons. The molecule has 28 heavy (non-hydrogen) atoms. The summed E-state index contributed by atoms with van der Waals surface area (Å²) in [4.78, 5) is 19.6. The Bertz CT molecular complexity index is 1000. The van der Waals surface area contributed by atoms with Crippen molar-refractivity contribution in [2.75, 3.05) is 50.7 Å². The third-order valence-electron chi connectivity index (χ3n) is 6.02. The molecule has 1 amide bonds. The van der Waals surface area contributed by atoms with Gasteiger partial charge >= 0.3 is 0 Å². The Hall–Kier alpha value is -2.38. The number of amides is 1.